The average molecular weight is 242 g/mol. The molecule has 5 heteroatoms. The normalized spacial score (nSPS) is 20.3. The zero-order valence-corrected chi connectivity index (χ0v) is 9.99. The summed E-state index contributed by atoms with van der Waals surface area (Å²) in [4.78, 5) is 0. The second-order valence-corrected chi connectivity index (χ2v) is 5.11. The van der Waals surface area contributed by atoms with Crippen molar-refractivity contribution < 1.29 is 4.74 Å². The van der Waals surface area contributed by atoms with Gasteiger partial charge in [0.05, 0.1) is 13.2 Å². The summed E-state index contributed by atoms with van der Waals surface area (Å²) < 4.78 is 7.60. The van der Waals surface area contributed by atoms with Crippen LogP contribution in [0.2, 0.25) is 5.28 Å². The molecule has 88 valence electrons. The topological polar surface area (TPSA) is 39.9 Å². The fraction of sp³-hybridized carbons (Fsp3) is 0.818. The average Bonchev–Trinajstić information content (AvgIpc) is 3.15. The Bertz CT molecular complexity index is 371. The van der Waals surface area contributed by atoms with Crippen LogP contribution in [0.25, 0.3) is 0 Å². The molecule has 0 spiro atoms. The van der Waals surface area contributed by atoms with Crippen molar-refractivity contribution in [2.75, 3.05) is 13.2 Å². The largest absolute Gasteiger partial charge is 0.379 e. The molecule has 2 fully saturated rings. The molecule has 0 aliphatic heterocycles. The molecule has 0 unspecified atom stereocenters. The smallest absolute Gasteiger partial charge is 0.225 e. The van der Waals surface area contributed by atoms with Crippen LogP contribution < -0.4 is 0 Å². The van der Waals surface area contributed by atoms with E-state index in [1.807, 2.05) is 4.57 Å². The first-order chi connectivity index (χ1) is 7.84. The highest BCUT2D eigenvalue weighted by Crippen LogP contribution is 2.39. The Balaban J connectivity index is 1.53. The summed E-state index contributed by atoms with van der Waals surface area (Å²) in [6.07, 6.45) is 5.11. The molecule has 3 rings (SSSR count). The van der Waals surface area contributed by atoms with E-state index in [0.29, 0.717) is 17.8 Å². The molecular formula is C11H16ClN3O. The number of rotatable bonds is 6. The minimum absolute atomic E-state index is 0.497. The van der Waals surface area contributed by atoms with Crippen LogP contribution in [0, 0.1) is 5.92 Å². The van der Waals surface area contributed by atoms with Crippen LogP contribution in [0.4, 0.5) is 0 Å². The van der Waals surface area contributed by atoms with Crippen LogP contribution in [0.15, 0.2) is 0 Å². The second kappa shape index (κ2) is 4.34. The Morgan fingerprint density at radius 2 is 2.06 bits per heavy atom. The van der Waals surface area contributed by atoms with Gasteiger partial charge in [0.25, 0.3) is 0 Å². The van der Waals surface area contributed by atoms with E-state index in [2.05, 4.69) is 10.2 Å². The summed E-state index contributed by atoms with van der Waals surface area (Å²) in [5.74, 6) is 2.45. The first-order valence-electron chi connectivity index (χ1n) is 6.01. The lowest BCUT2D eigenvalue weighted by molar-refractivity contribution is 0.116. The molecule has 2 aliphatic carbocycles. The van der Waals surface area contributed by atoms with Crippen molar-refractivity contribution in [3.8, 4) is 0 Å². The summed E-state index contributed by atoms with van der Waals surface area (Å²) in [5.41, 5.74) is 0. The molecule has 0 N–H and O–H groups in total. The van der Waals surface area contributed by atoms with Gasteiger partial charge in [-0.15, -0.1) is 10.2 Å². The molecule has 1 aromatic rings. The van der Waals surface area contributed by atoms with Gasteiger partial charge in [-0.2, -0.15) is 0 Å². The highest BCUT2D eigenvalue weighted by atomic mass is 35.5. The van der Waals surface area contributed by atoms with Crippen molar-refractivity contribution in [3.05, 3.63) is 11.1 Å². The van der Waals surface area contributed by atoms with Crippen LogP contribution in [-0.2, 0) is 11.3 Å². The van der Waals surface area contributed by atoms with Gasteiger partial charge in [-0.1, -0.05) is 0 Å². The van der Waals surface area contributed by atoms with Crippen LogP contribution >= 0.6 is 11.6 Å². The summed E-state index contributed by atoms with van der Waals surface area (Å²) in [7, 11) is 0. The van der Waals surface area contributed by atoms with Crippen LogP contribution in [0.5, 0.6) is 0 Å². The molecule has 2 aliphatic rings. The number of aromatic nitrogens is 3. The van der Waals surface area contributed by atoms with E-state index < -0.39 is 0 Å². The SMILES string of the molecule is Clc1nnc(C2CC2)n1CCOCC1CC1. The van der Waals surface area contributed by atoms with Gasteiger partial charge in [0, 0.05) is 12.5 Å². The molecule has 2 saturated carbocycles. The molecule has 1 heterocycles. The first kappa shape index (κ1) is 10.5. The van der Waals surface area contributed by atoms with E-state index in [4.69, 9.17) is 16.3 Å². The van der Waals surface area contributed by atoms with E-state index in [1.165, 1.54) is 25.7 Å². The zero-order chi connectivity index (χ0) is 11.0. The summed E-state index contributed by atoms with van der Waals surface area (Å²) in [6, 6.07) is 0. The van der Waals surface area contributed by atoms with E-state index in [9.17, 15) is 0 Å². The summed E-state index contributed by atoms with van der Waals surface area (Å²) >= 11 is 6.00. The van der Waals surface area contributed by atoms with Gasteiger partial charge in [-0.25, -0.2) is 0 Å². The zero-order valence-electron chi connectivity index (χ0n) is 9.23. The van der Waals surface area contributed by atoms with Gasteiger partial charge < -0.3 is 4.74 Å². The van der Waals surface area contributed by atoms with Crippen molar-refractivity contribution in [3.63, 3.8) is 0 Å². The Morgan fingerprint density at radius 1 is 1.25 bits per heavy atom. The van der Waals surface area contributed by atoms with Crippen LogP contribution in [0.3, 0.4) is 0 Å². The van der Waals surface area contributed by atoms with Crippen molar-refractivity contribution in [2.24, 2.45) is 5.92 Å². The molecule has 4 nitrogen and oxygen atoms in total. The predicted octanol–water partition coefficient (Wildman–Crippen LogP) is 2.24. The molecule has 16 heavy (non-hydrogen) atoms. The predicted molar refractivity (Wildman–Crippen MR) is 60.6 cm³/mol. The highest BCUT2D eigenvalue weighted by molar-refractivity contribution is 6.28. The Labute approximate surface area is 99.9 Å². The van der Waals surface area contributed by atoms with Gasteiger partial charge in [0.1, 0.15) is 5.82 Å². The lowest BCUT2D eigenvalue weighted by Crippen LogP contribution is -2.10. The summed E-state index contributed by atoms with van der Waals surface area (Å²) in [6.45, 7) is 2.40. The van der Waals surface area contributed by atoms with Gasteiger partial charge in [0.2, 0.25) is 5.28 Å². The lowest BCUT2D eigenvalue weighted by atomic mass is 10.4. The molecule has 0 bridgehead atoms. The van der Waals surface area contributed by atoms with E-state index in [1.54, 1.807) is 0 Å². The third kappa shape index (κ3) is 2.38. The molecule has 0 atom stereocenters. The monoisotopic (exact) mass is 241 g/mol. The number of halogens is 1. The van der Waals surface area contributed by atoms with Gasteiger partial charge >= 0.3 is 0 Å². The lowest BCUT2D eigenvalue weighted by Gasteiger charge is -2.07. The maximum atomic E-state index is 6.00. The number of hydrogen-bond acceptors (Lipinski definition) is 3. The van der Waals surface area contributed by atoms with Gasteiger partial charge in [0.15, 0.2) is 0 Å². The van der Waals surface area contributed by atoms with Gasteiger partial charge in [-0.05, 0) is 43.2 Å². The Hall–Kier alpha value is -0.610. The van der Waals surface area contributed by atoms with E-state index in [0.717, 1.165) is 24.9 Å². The van der Waals surface area contributed by atoms with Crippen LogP contribution in [-0.4, -0.2) is 28.0 Å². The molecule has 0 radical (unpaired) electrons. The minimum atomic E-state index is 0.497. The second-order valence-electron chi connectivity index (χ2n) is 4.77. The molecule has 1 aromatic heterocycles. The molecule has 0 aromatic carbocycles. The number of nitrogens with zero attached hydrogens (tertiary/aromatic N) is 3. The fourth-order valence-electron chi connectivity index (χ4n) is 1.84. The van der Waals surface area contributed by atoms with Crippen molar-refractivity contribution in [1.29, 1.82) is 0 Å². The molecule has 0 amide bonds. The Morgan fingerprint density at radius 3 is 2.75 bits per heavy atom. The standard InChI is InChI=1S/C11H16ClN3O/c12-11-14-13-10(9-3-4-9)15(11)5-6-16-7-8-1-2-8/h8-9H,1-7H2. The highest BCUT2D eigenvalue weighted by Gasteiger charge is 2.30. The quantitative estimate of drug-likeness (QED) is 0.717. The molecule has 0 saturated heterocycles. The summed E-state index contributed by atoms with van der Waals surface area (Å²) in [5, 5.41) is 8.55. The number of hydrogen-bond donors (Lipinski definition) is 0. The third-order valence-electron chi connectivity index (χ3n) is 3.19. The first-order valence-corrected chi connectivity index (χ1v) is 6.38. The maximum Gasteiger partial charge on any atom is 0.225 e. The van der Waals surface area contributed by atoms with Crippen molar-refractivity contribution in [2.45, 2.75) is 38.1 Å². The van der Waals surface area contributed by atoms with E-state index >= 15 is 0 Å². The fourth-order valence-corrected chi connectivity index (χ4v) is 2.04. The van der Waals surface area contributed by atoms with Crippen molar-refractivity contribution >= 4 is 11.6 Å². The van der Waals surface area contributed by atoms with Gasteiger partial charge in [-0.3, -0.25) is 4.57 Å². The Kier molecular flexibility index (Phi) is 2.86. The third-order valence-corrected chi connectivity index (χ3v) is 3.47. The minimum Gasteiger partial charge on any atom is -0.379 e. The van der Waals surface area contributed by atoms with E-state index in [-0.39, 0.29) is 0 Å². The van der Waals surface area contributed by atoms with Crippen LogP contribution in [0.1, 0.15) is 37.4 Å². The molecular weight excluding hydrogens is 226 g/mol. The maximum absolute atomic E-state index is 6.00. The van der Waals surface area contributed by atoms with Crippen molar-refractivity contribution in [1.82, 2.24) is 14.8 Å². The number of ether oxygens (including phenoxy) is 1.